The largest absolute Gasteiger partial charge is 0.303 e. The van der Waals surface area contributed by atoms with Crippen LogP contribution >= 0.6 is 11.3 Å². The van der Waals surface area contributed by atoms with Gasteiger partial charge in [-0.3, -0.25) is 0 Å². The van der Waals surface area contributed by atoms with E-state index in [0.717, 1.165) is 0 Å². The molecule has 76 valence electrons. The first kappa shape index (κ1) is 9.94. The second-order valence-corrected chi connectivity index (χ2v) is 5.15. The van der Waals surface area contributed by atoms with E-state index >= 15 is 0 Å². The molecule has 1 atom stereocenters. The van der Waals surface area contributed by atoms with Crippen molar-refractivity contribution in [3.63, 3.8) is 0 Å². The van der Waals surface area contributed by atoms with Crippen molar-refractivity contribution in [2.45, 2.75) is 25.8 Å². The number of likely N-dealkylation sites (N-methyl/N-ethyl adjacent to an activating group) is 1. The van der Waals surface area contributed by atoms with E-state index in [1.54, 1.807) is 10.5 Å². The van der Waals surface area contributed by atoms with Gasteiger partial charge in [-0.15, -0.1) is 11.3 Å². The van der Waals surface area contributed by atoms with Crippen LogP contribution in [0.4, 0.5) is 0 Å². The Labute approximate surface area is 90.1 Å². The van der Waals surface area contributed by atoms with Crippen molar-refractivity contribution in [2.24, 2.45) is 0 Å². The Balaban J connectivity index is 2.22. The first-order valence-electron chi connectivity index (χ1n) is 5.12. The summed E-state index contributed by atoms with van der Waals surface area (Å²) in [5.74, 6) is 0. The maximum Gasteiger partial charge on any atom is 0.0249 e. The number of hydrogen-bond acceptors (Lipinski definition) is 2. The first-order valence-corrected chi connectivity index (χ1v) is 6.00. The van der Waals surface area contributed by atoms with Gasteiger partial charge in [0.1, 0.15) is 0 Å². The molecule has 1 heterocycles. The predicted octanol–water partition coefficient (Wildman–Crippen LogP) is 3.03. The van der Waals surface area contributed by atoms with Gasteiger partial charge in [-0.2, -0.15) is 0 Å². The van der Waals surface area contributed by atoms with E-state index in [4.69, 9.17) is 0 Å². The van der Waals surface area contributed by atoms with Crippen molar-refractivity contribution in [1.29, 1.82) is 0 Å². The van der Waals surface area contributed by atoms with Gasteiger partial charge in [-0.25, -0.2) is 0 Å². The number of fused-ring (bicyclic) bond motifs is 1. The summed E-state index contributed by atoms with van der Waals surface area (Å²) in [5.41, 5.74) is 3.05. The molecular weight excluding hydrogens is 190 g/mol. The molecule has 2 rings (SSSR count). The second kappa shape index (κ2) is 3.87. The van der Waals surface area contributed by atoms with Crippen LogP contribution in [0.2, 0.25) is 0 Å². The second-order valence-electron chi connectivity index (χ2n) is 4.15. The molecule has 0 fully saturated rings. The summed E-state index contributed by atoms with van der Waals surface area (Å²) in [7, 11) is 4.26. The smallest absolute Gasteiger partial charge is 0.0249 e. The van der Waals surface area contributed by atoms with Crippen LogP contribution in [0, 0.1) is 0 Å². The van der Waals surface area contributed by atoms with Gasteiger partial charge in [0.25, 0.3) is 0 Å². The van der Waals surface area contributed by atoms with Crippen LogP contribution in [-0.2, 0) is 6.42 Å². The van der Waals surface area contributed by atoms with E-state index in [1.165, 1.54) is 18.4 Å². The van der Waals surface area contributed by atoms with E-state index in [2.05, 4.69) is 43.4 Å². The van der Waals surface area contributed by atoms with Crippen LogP contribution in [0.15, 0.2) is 17.5 Å². The third-order valence-electron chi connectivity index (χ3n) is 2.97. The van der Waals surface area contributed by atoms with Crippen LogP contribution in [0.25, 0.3) is 5.57 Å². The summed E-state index contributed by atoms with van der Waals surface area (Å²) >= 11 is 1.90. The Morgan fingerprint density at radius 1 is 1.43 bits per heavy atom. The van der Waals surface area contributed by atoms with Crippen molar-refractivity contribution in [3.8, 4) is 0 Å². The molecule has 1 aromatic rings. The Kier molecular flexibility index (Phi) is 2.75. The number of nitrogens with zero attached hydrogens (tertiary/aromatic N) is 1. The number of allylic oxidation sites excluding steroid dienone is 1. The molecule has 1 aliphatic rings. The van der Waals surface area contributed by atoms with Crippen LogP contribution < -0.4 is 0 Å². The standard InChI is InChI=1S/C12H17NS/c1-9(13(2)3)8-10-4-5-12-11(10)6-7-14-12/h6-9H,4-5H2,1-3H3/b10-8+. The fraction of sp³-hybridized carbons (Fsp3) is 0.500. The lowest BCUT2D eigenvalue weighted by Crippen LogP contribution is -2.22. The van der Waals surface area contributed by atoms with Crippen LogP contribution in [0.1, 0.15) is 23.8 Å². The highest BCUT2D eigenvalue weighted by atomic mass is 32.1. The Morgan fingerprint density at radius 2 is 2.21 bits per heavy atom. The van der Waals surface area contributed by atoms with E-state index in [0.29, 0.717) is 6.04 Å². The van der Waals surface area contributed by atoms with Gasteiger partial charge in [-0.05, 0) is 56.4 Å². The van der Waals surface area contributed by atoms with Gasteiger partial charge in [0.2, 0.25) is 0 Å². The zero-order valence-corrected chi connectivity index (χ0v) is 9.90. The summed E-state index contributed by atoms with van der Waals surface area (Å²) in [4.78, 5) is 3.82. The van der Waals surface area contributed by atoms with E-state index in [1.807, 2.05) is 11.3 Å². The molecule has 1 aromatic heterocycles. The van der Waals surface area contributed by atoms with Crippen molar-refractivity contribution in [1.82, 2.24) is 4.90 Å². The molecule has 1 aliphatic carbocycles. The average molecular weight is 207 g/mol. The van der Waals surface area contributed by atoms with Gasteiger partial charge in [0.05, 0.1) is 0 Å². The molecule has 0 saturated heterocycles. The normalized spacial score (nSPS) is 20.4. The number of rotatable bonds is 2. The topological polar surface area (TPSA) is 3.24 Å². The van der Waals surface area contributed by atoms with Gasteiger partial charge >= 0.3 is 0 Å². The summed E-state index contributed by atoms with van der Waals surface area (Å²) < 4.78 is 0. The number of thiophene rings is 1. The highest BCUT2D eigenvalue weighted by Crippen LogP contribution is 2.35. The van der Waals surface area contributed by atoms with Crippen LogP contribution in [0.5, 0.6) is 0 Å². The van der Waals surface area contributed by atoms with Gasteiger partial charge in [0, 0.05) is 10.9 Å². The molecule has 1 nitrogen and oxygen atoms in total. The molecule has 0 radical (unpaired) electrons. The summed E-state index contributed by atoms with van der Waals surface area (Å²) in [6, 6.07) is 2.80. The Morgan fingerprint density at radius 3 is 2.93 bits per heavy atom. The highest BCUT2D eigenvalue weighted by Gasteiger charge is 2.17. The lowest BCUT2D eigenvalue weighted by molar-refractivity contribution is 0.364. The molecule has 1 unspecified atom stereocenters. The summed E-state index contributed by atoms with van der Waals surface area (Å²) in [5, 5.41) is 2.21. The third kappa shape index (κ3) is 1.77. The first-order chi connectivity index (χ1) is 6.68. The zero-order valence-electron chi connectivity index (χ0n) is 9.08. The van der Waals surface area contributed by atoms with Gasteiger partial charge in [0.15, 0.2) is 0 Å². The molecule has 14 heavy (non-hydrogen) atoms. The average Bonchev–Trinajstić information content (AvgIpc) is 2.69. The Bertz CT molecular complexity index is 349. The minimum Gasteiger partial charge on any atom is -0.303 e. The zero-order chi connectivity index (χ0) is 10.1. The fourth-order valence-electron chi connectivity index (χ4n) is 1.82. The summed E-state index contributed by atoms with van der Waals surface area (Å²) in [6.07, 6.45) is 4.89. The van der Waals surface area contributed by atoms with Gasteiger partial charge in [-0.1, -0.05) is 6.08 Å². The van der Waals surface area contributed by atoms with E-state index in [9.17, 15) is 0 Å². The minimum absolute atomic E-state index is 0.538. The molecule has 0 spiro atoms. The van der Waals surface area contributed by atoms with Crippen LogP contribution in [0.3, 0.4) is 0 Å². The summed E-state index contributed by atoms with van der Waals surface area (Å²) in [6.45, 7) is 2.25. The third-order valence-corrected chi connectivity index (χ3v) is 3.95. The SMILES string of the molecule is CC(/C=C1\CCc2sccc21)N(C)C. The maximum absolute atomic E-state index is 2.40. The highest BCUT2D eigenvalue weighted by molar-refractivity contribution is 7.10. The van der Waals surface area contributed by atoms with E-state index in [-0.39, 0.29) is 0 Å². The number of aryl methyl sites for hydroxylation is 1. The van der Waals surface area contributed by atoms with Crippen molar-refractivity contribution in [3.05, 3.63) is 28.0 Å². The van der Waals surface area contributed by atoms with Crippen molar-refractivity contribution < 1.29 is 0 Å². The predicted molar refractivity (Wildman–Crippen MR) is 63.8 cm³/mol. The molecule has 2 heteroatoms. The molecule has 0 aromatic carbocycles. The molecule has 0 saturated carbocycles. The molecular formula is C12H17NS. The number of hydrogen-bond donors (Lipinski definition) is 0. The van der Waals surface area contributed by atoms with E-state index < -0.39 is 0 Å². The Hall–Kier alpha value is -0.600. The minimum atomic E-state index is 0.538. The maximum atomic E-state index is 2.40. The molecule has 0 aliphatic heterocycles. The molecule has 0 amide bonds. The quantitative estimate of drug-likeness (QED) is 0.720. The van der Waals surface area contributed by atoms with Gasteiger partial charge < -0.3 is 4.90 Å². The molecule has 0 bridgehead atoms. The molecule has 0 N–H and O–H groups in total. The van der Waals surface area contributed by atoms with Crippen molar-refractivity contribution in [2.75, 3.05) is 14.1 Å². The fourth-order valence-corrected chi connectivity index (χ4v) is 2.73. The van der Waals surface area contributed by atoms with Crippen LogP contribution in [-0.4, -0.2) is 25.0 Å². The van der Waals surface area contributed by atoms with Crippen molar-refractivity contribution >= 4 is 16.9 Å². The monoisotopic (exact) mass is 207 g/mol. The lowest BCUT2D eigenvalue weighted by atomic mass is 10.1. The lowest BCUT2D eigenvalue weighted by Gasteiger charge is -2.16.